The van der Waals surface area contributed by atoms with Crippen molar-refractivity contribution in [3.8, 4) is 5.75 Å². The molecule has 0 bridgehead atoms. The molecule has 1 atom stereocenters. The summed E-state index contributed by atoms with van der Waals surface area (Å²) in [6.07, 6.45) is 5.96. The SMILES string of the molecule is Cc1nn(C)cc1S(=O)(=O)NCCOc1ccc2c(c1)C(C1(c3ccc(Cl)cc3)CCC1)NCC2. The van der Waals surface area contributed by atoms with Crippen LogP contribution in [-0.4, -0.2) is 37.9 Å². The quantitative estimate of drug-likeness (QED) is 0.443. The Morgan fingerprint density at radius 3 is 2.66 bits per heavy atom. The first-order valence-corrected chi connectivity index (χ1v) is 13.9. The maximum Gasteiger partial charge on any atom is 0.244 e. The minimum Gasteiger partial charge on any atom is -0.492 e. The second-order valence-electron chi connectivity index (χ2n) is 9.51. The third kappa shape index (κ3) is 4.72. The molecule has 2 aliphatic rings. The first kappa shape index (κ1) is 24.3. The van der Waals surface area contributed by atoms with Crippen molar-refractivity contribution in [2.24, 2.45) is 7.05 Å². The summed E-state index contributed by atoms with van der Waals surface area (Å²) in [5.74, 6) is 0.750. The second kappa shape index (κ2) is 9.58. The van der Waals surface area contributed by atoms with Crippen molar-refractivity contribution in [1.82, 2.24) is 19.8 Å². The molecule has 1 aromatic heterocycles. The van der Waals surface area contributed by atoms with Crippen LogP contribution < -0.4 is 14.8 Å². The van der Waals surface area contributed by atoms with Crippen molar-refractivity contribution in [1.29, 1.82) is 0 Å². The van der Waals surface area contributed by atoms with Crippen molar-refractivity contribution in [2.75, 3.05) is 19.7 Å². The van der Waals surface area contributed by atoms with Crippen molar-refractivity contribution in [3.63, 3.8) is 0 Å². The van der Waals surface area contributed by atoms with Crippen LogP contribution in [0.1, 0.15) is 47.7 Å². The maximum absolute atomic E-state index is 12.6. The molecule has 2 heterocycles. The zero-order chi connectivity index (χ0) is 24.6. The van der Waals surface area contributed by atoms with Gasteiger partial charge in [0.1, 0.15) is 17.3 Å². The van der Waals surface area contributed by atoms with Gasteiger partial charge in [-0.2, -0.15) is 5.10 Å². The molecule has 1 saturated carbocycles. The second-order valence-corrected chi connectivity index (χ2v) is 11.7. The number of benzene rings is 2. The Morgan fingerprint density at radius 2 is 2.00 bits per heavy atom. The van der Waals surface area contributed by atoms with Crippen LogP contribution in [0, 0.1) is 6.92 Å². The largest absolute Gasteiger partial charge is 0.492 e. The number of hydrogen-bond donors (Lipinski definition) is 2. The number of rotatable bonds is 8. The van der Waals surface area contributed by atoms with E-state index in [4.69, 9.17) is 16.3 Å². The van der Waals surface area contributed by atoms with Crippen molar-refractivity contribution in [2.45, 2.75) is 49.0 Å². The monoisotopic (exact) mass is 514 g/mol. The predicted octanol–water partition coefficient (Wildman–Crippen LogP) is 4.05. The number of halogens is 1. The molecule has 0 amide bonds. The number of aryl methyl sites for hydroxylation is 2. The number of aromatic nitrogens is 2. The third-order valence-electron chi connectivity index (χ3n) is 7.31. The molecule has 1 unspecified atom stereocenters. The zero-order valence-electron chi connectivity index (χ0n) is 20.1. The van der Waals surface area contributed by atoms with Crippen LogP contribution in [0.4, 0.5) is 0 Å². The minimum absolute atomic E-state index is 0.0512. The van der Waals surface area contributed by atoms with E-state index >= 15 is 0 Å². The molecule has 2 aromatic carbocycles. The number of sulfonamides is 1. The summed E-state index contributed by atoms with van der Waals surface area (Å²) in [5.41, 5.74) is 4.46. The van der Waals surface area contributed by atoms with Crippen LogP contribution in [0.2, 0.25) is 5.02 Å². The Labute approximate surface area is 211 Å². The molecule has 5 rings (SSSR count). The highest BCUT2D eigenvalue weighted by Gasteiger charge is 2.47. The van der Waals surface area contributed by atoms with Crippen LogP contribution in [0.3, 0.4) is 0 Å². The molecule has 9 heteroatoms. The molecule has 0 saturated heterocycles. The molecule has 0 radical (unpaired) electrons. The molecule has 35 heavy (non-hydrogen) atoms. The van der Waals surface area contributed by atoms with Gasteiger partial charge in [0.15, 0.2) is 0 Å². The van der Waals surface area contributed by atoms with Gasteiger partial charge in [-0.15, -0.1) is 0 Å². The van der Waals surface area contributed by atoms with Gasteiger partial charge in [0, 0.05) is 36.3 Å². The molecule has 186 valence electrons. The topological polar surface area (TPSA) is 85.2 Å². The van der Waals surface area contributed by atoms with Gasteiger partial charge in [-0.3, -0.25) is 4.68 Å². The van der Waals surface area contributed by atoms with Crippen LogP contribution in [0.25, 0.3) is 0 Å². The summed E-state index contributed by atoms with van der Waals surface area (Å²) in [4.78, 5) is 0.190. The van der Waals surface area contributed by atoms with Gasteiger partial charge in [-0.25, -0.2) is 13.1 Å². The fraction of sp³-hybridized carbons (Fsp3) is 0.423. The number of nitrogens with one attached hydrogen (secondary N) is 2. The summed E-state index contributed by atoms with van der Waals surface area (Å²) in [6.45, 7) is 3.03. The molecular formula is C26H31ClN4O3S. The Balaban J connectivity index is 1.29. The van der Waals surface area contributed by atoms with Crippen molar-refractivity contribution >= 4 is 21.6 Å². The van der Waals surface area contributed by atoms with E-state index in [1.807, 2.05) is 18.2 Å². The summed E-state index contributed by atoms with van der Waals surface area (Å²) in [5, 5.41) is 8.65. The third-order valence-corrected chi connectivity index (χ3v) is 9.13. The average molecular weight is 515 g/mol. The molecule has 1 aliphatic heterocycles. The van der Waals surface area contributed by atoms with Gasteiger partial charge in [-0.05, 0) is 73.7 Å². The Bertz CT molecular complexity index is 1320. The maximum atomic E-state index is 12.6. The van der Waals surface area contributed by atoms with Gasteiger partial charge in [-0.1, -0.05) is 36.2 Å². The smallest absolute Gasteiger partial charge is 0.244 e. The number of fused-ring (bicyclic) bond motifs is 1. The highest BCUT2D eigenvalue weighted by atomic mass is 35.5. The average Bonchev–Trinajstić information content (AvgIpc) is 3.16. The van der Waals surface area contributed by atoms with Crippen molar-refractivity contribution < 1.29 is 13.2 Å². The first-order valence-electron chi connectivity index (χ1n) is 12.0. The lowest BCUT2D eigenvalue weighted by Gasteiger charge is -2.50. The van der Waals surface area contributed by atoms with Gasteiger partial charge in [0.25, 0.3) is 0 Å². The highest BCUT2D eigenvalue weighted by molar-refractivity contribution is 7.89. The molecule has 3 aromatic rings. The number of ether oxygens (including phenoxy) is 1. The predicted molar refractivity (Wildman–Crippen MR) is 136 cm³/mol. The fourth-order valence-corrected chi connectivity index (χ4v) is 6.82. The van der Waals surface area contributed by atoms with Gasteiger partial charge in [0.2, 0.25) is 10.0 Å². The van der Waals surface area contributed by atoms with Crippen molar-refractivity contribution in [3.05, 3.63) is 76.1 Å². The molecule has 2 N–H and O–H groups in total. The molecule has 1 aliphatic carbocycles. The van der Waals surface area contributed by atoms with Crippen LogP contribution in [-0.2, 0) is 28.9 Å². The summed E-state index contributed by atoms with van der Waals surface area (Å²) in [6, 6.07) is 14.7. The fourth-order valence-electron chi connectivity index (χ4n) is 5.46. The lowest BCUT2D eigenvalue weighted by Crippen LogP contribution is -2.49. The minimum atomic E-state index is -3.63. The Hall–Kier alpha value is -2.39. The van der Waals surface area contributed by atoms with E-state index in [0.29, 0.717) is 5.69 Å². The van der Waals surface area contributed by atoms with E-state index in [-0.39, 0.29) is 29.5 Å². The van der Waals surface area contributed by atoms with E-state index in [1.54, 1.807) is 14.0 Å². The lowest BCUT2D eigenvalue weighted by molar-refractivity contribution is 0.164. The van der Waals surface area contributed by atoms with E-state index in [1.165, 1.54) is 34.0 Å². The molecule has 1 fully saturated rings. The molecule has 0 spiro atoms. The van der Waals surface area contributed by atoms with Gasteiger partial charge < -0.3 is 10.1 Å². The Morgan fingerprint density at radius 1 is 1.23 bits per heavy atom. The Kier molecular flexibility index (Phi) is 6.65. The van der Waals surface area contributed by atoms with E-state index in [9.17, 15) is 8.42 Å². The van der Waals surface area contributed by atoms with Crippen LogP contribution >= 0.6 is 11.6 Å². The normalized spacial score (nSPS) is 19.1. The summed E-state index contributed by atoms with van der Waals surface area (Å²) < 4.78 is 35.2. The van der Waals surface area contributed by atoms with Gasteiger partial charge in [0.05, 0.1) is 5.69 Å². The molecular weight excluding hydrogens is 484 g/mol. The number of hydrogen-bond acceptors (Lipinski definition) is 5. The molecule has 7 nitrogen and oxygen atoms in total. The van der Waals surface area contributed by atoms with Gasteiger partial charge >= 0.3 is 0 Å². The first-order chi connectivity index (χ1) is 16.8. The van der Waals surface area contributed by atoms with Crippen LogP contribution in [0.5, 0.6) is 5.75 Å². The lowest BCUT2D eigenvalue weighted by atomic mass is 9.58. The van der Waals surface area contributed by atoms with E-state index in [0.717, 1.165) is 36.6 Å². The van der Waals surface area contributed by atoms with Crippen LogP contribution in [0.15, 0.2) is 53.6 Å². The standard InChI is InChI=1S/C26H31ClN4O3S/c1-18-24(17-31(2)30-18)35(32,33)29-14-15-34-22-9-4-19-10-13-28-25(23(19)16-22)26(11-3-12-26)20-5-7-21(27)8-6-20/h4-9,16-17,25,28-29H,3,10-15H2,1-2H3. The summed E-state index contributed by atoms with van der Waals surface area (Å²) >= 11 is 6.16. The van der Waals surface area contributed by atoms with E-state index < -0.39 is 10.0 Å². The number of nitrogens with zero attached hydrogens (tertiary/aromatic N) is 2. The summed E-state index contributed by atoms with van der Waals surface area (Å²) in [7, 11) is -1.93. The van der Waals surface area contributed by atoms with E-state index in [2.05, 4.69) is 39.4 Å². The zero-order valence-corrected chi connectivity index (χ0v) is 21.6. The highest BCUT2D eigenvalue weighted by Crippen LogP contribution is 2.53.